The molecule has 0 unspecified atom stereocenters. The van der Waals surface area contributed by atoms with Crippen molar-refractivity contribution >= 4 is 28.9 Å². The number of rotatable bonds is 7. The average molecular weight is 491 g/mol. The maximum Gasteiger partial charge on any atom is 0.341 e. The zero-order valence-electron chi connectivity index (χ0n) is 18.6. The highest BCUT2D eigenvalue weighted by molar-refractivity contribution is 5.84. The summed E-state index contributed by atoms with van der Waals surface area (Å²) >= 11 is 0. The molecule has 14 heteroatoms. The van der Waals surface area contributed by atoms with Gasteiger partial charge in [-0.25, -0.2) is 18.6 Å². The van der Waals surface area contributed by atoms with Gasteiger partial charge in [-0.2, -0.15) is 15.0 Å². The SMILES string of the molecule is O=C(O)COc1cccc2c1nc(C(F)F)n2-c1nc(N2CCOCC2)nc(N2CCOCC2)n1. The summed E-state index contributed by atoms with van der Waals surface area (Å²) < 4.78 is 45.6. The Morgan fingerprint density at radius 1 is 0.943 bits per heavy atom. The number of alkyl halides is 2. The molecule has 186 valence electrons. The van der Waals surface area contributed by atoms with Gasteiger partial charge < -0.3 is 29.1 Å². The van der Waals surface area contributed by atoms with Gasteiger partial charge in [0.15, 0.2) is 12.4 Å². The fraction of sp³-hybridized carbons (Fsp3) is 0.476. The summed E-state index contributed by atoms with van der Waals surface area (Å²) in [4.78, 5) is 32.6. The number of benzene rings is 1. The molecule has 2 aliphatic heterocycles. The third-order valence-electron chi connectivity index (χ3n) is 5.61. The second-order valence-corrected chi connectivity index (χ2v) is 7.85. The molecule has 3 aromatic rings. The van der Waals surface area contributed by atoms with E-state index < -0.39 is 24.8 Å². The number of nitrogens with zero attached hydrogens (tertiary/aromatic N) is 7. The van der Waals surface area contributed by atoms with Crippen LogP contribution in [0.5, 0.6) is 5.75 Å². The Morgan fingerprint density at radius 3 is 2.06 bits per heavy atom. The van der Waals surface area contributed by atoms with Gasteiger partial charge in [0.05, 0.1) is 31.9 Å². The Bertz CT molecular complexity index is 1180. The Morgan fingerprint density at radius 2 is 1.51 bits per heavy atom. The Hall–Kier alpha value is -3.65. The minimum atomic E-state index is -2.95. The minimum Gasteiger partial charge on any atom is -0.480 e. The number of aliphatic carboxylic acids is 1. The van der Waals surface area contributed by atoms with Crippen LogP contribution in [0, 0.1) is 0 Å². The number of carbonyl (C=O) groups is 1. The van der Waals surface area contributed by atoms with Crippen LogP contribution in [0.1, 0.15) is 12.2 Å². The molecule has 1 aromatic carbocycles. The highest BCUT2D eigenvalue weighted by Crippen LogP contribution is 2.32. The van der Waals surface area contributed by atoms with Crippen molar-refractivity contribution in [3.8, 4) is 11.7 Å². The maximum atomic E-state index is 14.2. The Kier molecular flexibility index (Phi) is 6.55. The van der Waals surface area contributed by atoms with Gasteiger partial charge in [0.1, 0.15) is 11.3 Å². The highest BCUT2D eigenvalue weighted by Gasteiger charge is 2.27. The molecule has 2 aromatic heterocycles. The first kappa shape index (κ1) is 23.1. The van der Waals surface area contributed by atoms with Gasteiger partial charge in [0.25, 0.3) is 6.43 Å². The molecule has 0 saturated carbocycles. The number of hydrogen-bond donors (Lipinski definition) is 1. The number of morpholine rings is 2. The first-order valence-corrected chi connectivity index (χ1v) is 11.1. The van der Waals surface area contributed by atoms with Gasteiger partial charge in [0, 0.05) is 26.2 Å². The van der Waals surface area contributed by atoms with E-state index in [2.05, 4.69) is 19.9 Å². The van der Waals surface area contributed by atoms with Crippen LogP contribution in [0.4, 0.5) is 20.7 Å². The van der Waals surface area contributed by atoms with Crippen molar-refractivity contribution in [1.29, 1.82) is 0 Å². The number of halogens is 2. The first-order chi connectivity index (χ1) is 17.0. The number of carboxylic acids is 1. The molecule has 0 atom stereocenters. The third kappa shape index (κ3) is 4.79. The fourth-order valence-electron chi connectivity index (χ4n) is 3.96. The topological polar surface area (TPSA) is 128 Å². The van der Waals surface area contributed by atoms with Crippen LogP contribution < -0.4 is 14.5 Å². The van der Waals surface area contributed by atoms with Crippen LogP contribution in [-0.2, 0) is 14.3 Å². The third-order valence-corrected chi connectivity index (χ3v) is 5.61. The van der Waals surface area contributed by atoms with Crippen LogP contribution in [0.15, 0.2) is 18.2 Å². The van der Waals surface area contributed by atoms with Crippen molar-refractivity contribution in [1.82, 2.24) is 24.5 Å². The second-order valence-electron chi connectivity index (χ2n) is 7.85. The van der Waals surface area contributed by atoms with E-state index in [4.69, 9.17) is 19.3 Å². The molecule has 2 saturated heterocycles. The number of aromatic nitrogens is 5. The minimum absolute atomic E-state index is 0.0174. The Balaban J connectivity index is 1.66. The molecule has 0 aliphatic carbocycles. The summed E-state index contributed by atoms with van der Waals surface area (Å²) in [5, 5.41) is 8.96. The molecular weight excluding hydrogens is 468 g/mol. The van der Waals surface area contributed by atoms with E-state index in [-0.39, 0.29) is 22.7 Å². The smallest absolute Gasteiger partial charge is 0.341 e. The molecule has 2 fully saturated rings. The largest absolute Gasteiger partial charge is 0.480 e. The second kappa shape index (κ2) is 9.92. The van der Waals surface area contributed by atoms with Gasteiger partial charge in [-0.3, -0.25) is 4.57 Å². The van der Waals surface area contributed by atoms with Gasteiger partial charge in [-0.05, 0) is 12.1 Å². The van der Waals surface area contributed by atoms with Crippen LogP contribution in [0.25, 0.3) is 17.0 Å². The summed E-state index contributed by atoms with van der Waals surface area (Å²) in [5.74, 6) is -1.03. The molecule has 4 heterocycles. The molecule has 0 spiro atoms. The number of para-hydroxylation sites is 1. The lowest BCUT2D eigenvalue weighted by molar-refractivity contribution is -0.139. The van der Waals surface area contributed by atoms with Crippen LogP contribution in [0.2, 0.25) is 0 Å². The standard InChI is InChI=1S/C21H23F2N7O5/c22-17(23)18-24-16-13(2-1-3-14(16)35-12-15(31)32)30(18)21-26-19(28-4-8-33-9-5-28)25-20(27-21)29-6-10-34-11-7-29/h1-3,17H,4-12H2,(H,31,32). The van der Waals surface area contributed by atoms with Crippen LogP contribution in [-0.4, -0.2) is 94.8 Å². The molecule has 0 bridgehead atoms. The van der Waals surface area contributed by atoms with E-state index in [1.54, 1.807) is 12.1 Å². The molecule has 35 heavy (non-hydrogen) atoms. The van der Waals surface area contributed by atoms with Gasteiger partial charge in [-0.15, -0.1) is 0 Å². The predicted molar refractivity (Wildman–Crippen MR) is 119 cm³/mol. The summed E-state index contributed by atoms with van der Waals surface area (Å²) in [6.07, 6.45) is -2.95. The lowest BCUT2D eigenvalue weighted by atomic mass is 10.3. The number of ether oxygens (including phenoxy) is 3. The van der Waals surface area contributed by atoms with Crippen LogP contribution >= 0.6 is 0 Å². The average Bonchev–Trinajstić information content (AvgIpc) is 3.29. The van der Waals surface area contributed by atoms with E-state index in [1.807, 2.05) is 9.80 Å². The van der Waals surface area contributed by atoms with Crippen molar-refractivity contribution in [2.45, 2.75) is 6.43 Å². The van der Waals surface area contributed by atoms with E-state index >= 15 is 0 Å². The summed E-state index contributed by atoms with van der Waals surface area (Å²) in [6, 6.07) is 4.62. The van der Waals surface area contributed by atoms with Crippen molar-refractivity contribution in [2.75, 3.05) is 69.0 Å². The van der Waals surface area contributed by atoms with Crippen molar-refractivity contribution in [2.24, 2.45) is 0 Å². The number of anilines is 2. The first-order valence-electron chi connectivity index (χ1n) is 11.1. The Labute approximate surface area is 198 Å². The lowest BCUT2D eigenvalue weighted by Crippen LogP contribution is -2.40. The number of imidazole rings is 1. The monoisotopic (exact) mass is 491 g/mol. The summed E-state index contributed by atoms with van der Waals surface area (Å²) in [5.41, 5.74) is 0.348. The molecule has 12 nitrogen and oxygen atoms in total. The molecule has 1 N–H and O–H groups in total. The lowest BCUT2D eigenvalue weighted by Gasteiger charge is -2.30. The van der Waals surface area contributed by atoms with Crippen molar-refractivity contribution < 1.29 is 32.9 Å². The van der Waals surface area contributed by atoms with Crippen LogP contribution in [0.3, 0.4) is 0 Å². The zero-order valence-corrected chi connectivity index (χ0v) is 18.6. The highest BCUT2D eigenvalue weighted by atomic mass is 19.3. The number of hydrogen-bond acceptors (Lipinski definition) is 10. The van der Waals surface area contributed by atoms with Gasteiger partial charge >= 0.3 is 5.97 Å². The normalized spacial score (nSPS) is 16.8. The molecule has 5 rings (SSSR count). The fourth-order valence-corrected chi connectivity index (χ4v) is 3.96. The summed E-state index contributed by atoms with van der Waals surface area (Å²) in [7, 11) is 0. The molecule has 0 radical (unpaired) electrons. The van der Waals surface area contributed by atoms with Gasteiger partial charge in [-0.1, -0.05) is 6.07 Å². The quantitative estimate of drug-likeness (QED) is 0.513. The molecule has 2 aliphatic rings. The number of fused-ring (bicyclic) bond motifs is 1. The molecule has 0 amide bonds. The van der Waals surface area contributed by atoms with E-state index in [0.29, 0.717) is 64.5 Å². The zero-order chi connectivity index (χ0) is 24.4. The van der Waals surface area contributed by atoms with E-state index in [1.165, 1.54) is 10.6 Å². The van der Waals surface area contributed by atoms with E-state index in [0.717, 1.165) is 0 Å². The van der Waals surface area contributed by atoms with Crippen molar-refractivity contribution in [3.05, 3.63) is 24.0 Å². The van der Waals surface area contributed by atoms with Crippen molar-refractivity contribution in [3.63, 3.8) is 0 Å². The maximum absolute atomic E-state index is 14.2. The predicted octanol–water partition coefficient (Wildman–Crippen LogP) is 1.28. The molecular formula is C21H23F2N7O5. The summed E-state index contributed by atoms with van der Waals surface area (Å²) in [6.45, 7) is 3.53. The van der Waals surface area contributed by atoms with Gasteiger partial charge in [0.2, 0.25) is 17.8 Å². The van der Waals surface area contributed by atoms with E-state index in [9.17, 15) is 13.6 Å². The number of carboxylic acid groups (broad SMARTS) is 1.